The highest BCUT2D eigenvalue weighted by Crippen LogP contribution is 2.41. The van der Waals surface area contributed by atoms with Crippen molar-refractivity contribution in [3.8, 4) is 10.4 Å². The molecule has 1 saturated carbocycles. The molecule has 2 fully saturated rings. The monoisotopic (exact) mass is 543 g/mol. The van der Waals surface area contributed by atoms with Gasteiger partial charge in [-0.3, -0.25) is 4.79 Å². The van der Waals surface area contributed by atoms with Crippen LogP contribution in [0.2, 0.25) is 0 Å². The number of nitrogens with one attached hydrogen (secondary N) is 1. The molecular weight excluding hydrogens is 504 g/mol. The number of quaternary nitrogens is 1. The second kappa shape index (κ2) is 13.2. The number of benzene rings is 1. The minimum Gasteiger partial charge on any atom is -0.435 e. The highest BCUT2D eigenvalue weighted by molar-refractivity contribution is 7.18. The van der Waals surface area contributed by atoms with Crippen molar-refractivity contribution in [2.75, 3.05) is 38.4 Å². The smallest absolute Gasteiger partial charge is 0.435 e. The zero-order valence-electron chi connectivity index (χ0n) is 22.6. The van der Waals surface area contributed by atoms with Crippen molar-refractivity contribution in [2.45, 2.75) is 58.4 Å². The van der Waals surface area contributed by atoms with Gasteiger partial charge < -0.3 is 24.0 Å². The molecular formula is C29H39N2O6S+. The van der Waals surface area contributed by atoms with E-state index in [0.29, 0.717) is 16.5 Å². The zero-order valence-corrected chi connectivity index (χ0v) is 23.4. The molecule has 0 spiro atoms. The Kier molecular flexibility index (Phi) is 9.80. The number of rotatable bonds is 8. The molecule has 0 radical (unpaired) electrons. The highest BCUT2D eigenvalue weighted by atomic mass is 32.1. The van der Waals surface area contributed by atoms with Crippen molar-refractivity contribution in [1.82, 2.24) is 0 Å². The molecule has 2 aliphatic rings. The lowest BCUT2D eigenvalue weighted by atomic mass is 9.82. The Morgan fingerprint density at radius 2 is 1.66 bits per heavy atom. The quantitative estimate of drug-likeness (QED) is 0.389. The third-order valence-corrected chi connectivity index (χ3v) is 8.77. The second-order valence-electron chi connectivity index (χ2n) is 10.4. The van der Waals surface area contributed by atoms with Crippen LogP contribution in [0.15, 0.2) is 36.4 Å². The lowest BCUT2D eigenvalue weighted by Gasteiger charge is -2.38. The van der Waals surface area contributed by atoms with Crippen LogP contribution in [0.4, 0.5) is 10.5 Å². The fourth-order valence-corrected chi connectivity index (χ4v) is 6.41. The summed E-state index contributed by atoms with van der Waals surface area (Å²) in [6.45, 7) is 5.46. The zero-order chi connectivity index (χ0) is 27.1. The van der Waals surface area contributed by atoms with E-state index in [1.165, 1.54) is 16.2 Å². The number of carbonyl (C=O) groups excluding carboxylic acids is 3. The molecule has 8 nitrogen and oxygen atoms in total. The molecule has 1 N–H and O–H groups in total. The molecule has 1 amide bonds. The molecule has 0 bridgehead atoms. The van der Waals surface area contributed by atoms with Gasteiger partial charge in [-0.2, -0.15) is 0 Å². The van der Waals surface area contributed by atoms with Gasteiger partial charge in [-0.25, -0.2) is 9.59 Å². The van der Waals surface area contributed by atoms with Crippen molar-refractivity contribution < 1.29 is 33.5 Å². The molecule has 1 aromatic carbocycles. The minimum atomic E-state index is -0.895. The Balaban J connectivity index is 1.68. The number of hydrogen-bond donors (Lipinski definition) is 1. The van der Waals surface area contributed by atoms with E-state index in [-0.39, 0.29) is 24.5 Å². The fraction of sp³-hybridized carbons (Fsp3) is 0.552. The van der Waals surface area contributed by atoms with E-state index in [1.54, 1.807) is 6.92 Å². The van der Waals surface area contributed by atoms with Crippen molar-refractivity contribution in [1.29, 1.82) is 0 Å². The highest BCUT2D eigenvalue weighted by Gasteiger charge is 2.38. The summed E-state index contributed by atoms with van der Waals surface area (Å²) >= 11 is 1.30. The molecule has 0 unspecified atom stereocenters. The van der Waals surface area contributed by atoms with Gasteiger partial charge in [0.2, 0.25) is 12.7 Å². The Labute approximate surface area is 228 Å². The number of carbonyl (C=O) groups is 3. The van der Waals surface area contributed by atoms with Gasteiger partial charge in [0.15, 0.2) is 0 Å². The van der Waals surface area contributed by atoms with E-state index >= 15 is 0 Å². The molecule has 2 aromatic rings. The number of anilines is 1. The van der Waals surface area contributed by atoms with Gasteiger partial charge >= 0.3 is 12.1 Å². The number of amides is 1. The maximum Gasteiger partial charge on any atom is 0.511 e. The number of nitrogens with zero attached hydrogens (tertiary/aromatic N) is 1. The summed E-state index contributed by atoms with van der Waals surface area (Å²) in [5.74, 6) is 0.0743. The Hall–Kier alpha value is -2.91. The van der Waals surface area contributed by atoms with E-state index in [9.17, 15) is 14.4 Å². The standard InChI is InChI=1S/C29H38N2O6S/c1-4-35-29(34)37-19-36-28(33)26-24(18-25(38-26)21-8-6-5-7-9-21)31(23-14-16-30(3)17-15-23)27(32)22-12-10-20(2)11-13-22/h5-9,18,20,22-23H,4,10-17,19H2,1-3H3/p+1. The molecule has 38 heavy (non-hydrogen) atoms. The molecule has 0 atom stereocenters. The summed E-state index contributed by atoms with van der Waals surface area (Å²) in [6, 6.07) is 11.8. The molecule has 1 saturated heterocycles. The number of esters is 1. The largest absolute Gasteiger partial charge is 0.511 e. The molecule has 4 rings (SSSR count). The van der Waals surface area contributed by atoms with Gasteiger partial charge in [-0.1, -0.05) is 37.3 Å². The van der Waals surface area contributed by atoms with Gasteiger partial charge in [-0.15, -0.1) is 11.3 Å². The van der Waals surface area contributed by atoms with Gasteiger partial charge in [0.1, 0.15) is 4.88 Å². The summed E-state index contributed by atoms with van der Waals surface area (Å²) in [6.07, 6.45) is 4.68. The number of ether oxygens (including phenoxy) is 3. The Morgan fingerprint density at radius 1 is 0.974 bits per heavy atom. The fourth-order valence-electron chi connectivity index (χ4n) is 5.36. The van der Waals surface area contributed by atoms with Gasteiger partial charge in [-0.05, 0) is 50.2 Å². The first-order chi connectivity index (χ1) is 18.4. The number of thiophene rings is 1. The Bertz CT molecular complexity index is 1090. The van der Waals surface area contributed by atoms with Crippen LogP contribution in [0.5, 0.6) is 0 Å². The molecule has 1 aromatic heterocycles. The summed E-state index contributed by atoms with van der Waals surface area (Å²) in [4.78, 5) is 43.7. The molecule has 1 aliphatic carbocycles. The van der Waals surface area contributed by atoms with Crippen LogP contribution in [0, 0.1) is 11.8 Å². The van der Waals surface area contributed by atoms with Crippen LogP contribution in [-0.4, -0.2) is 57.6 Å². The first-order valence-corrected chi connectivity index (χ1v) is 14.5. The minimum absolute atomic E-state index is 0.0195. The topological polar surface area (TPSA) is 86.6 Å². The first kappa shape index (κ1) is 28.1. The average molecular weight is 544 g/mol. The number of piperidine rings is 1. The van der Waals surface area contributed by atoms with E-state index in [2.05, 4.69) is 14.0 Å². The van der Waals surface area contributed by atoms with Gasteiger partial charge in [0.25, 0.3) is 0 Å². The summed E-state index contributed by atoms with van der Waals surface area (Å²) in [5.41, 5.74) is 1.57. The van der Waals surface area contributed by atoms with Crippen molar-refractivity contribution in [3.63, 3.8) is 0 Å². The van der Waals surface area contributed by atoms with Crippen LogP contribution in [0.1, 0.15) is 62.0 Å². The third kappa shape index (κ3) is 6.94. The van der Waals surface area contributed by atoms with Crippen LogP contribution in [0.25, 0.3) is 10.4 Å². The van der Waals surface area contributed by atoms with Crippen LogP contribution < -0.4 is 9.80 Å². The average Bonchev–Trinajstić information content (AvgIpc) is 3.36. The number of hydrogen-bond acceptors (Lipinski definition) is 7. The second-order valence-corrected chi connectivity index (χ2v) is 11.5. The third-order valence-electron chi connectivity index (χ3n) is 7.62. The first-order valence-electron chi connectivity index (χ1n) is 13.7. The predicted molar refractivity (Wildman–Crippen MR) is 146 cm³/mol. The van der Waals surface area contributed by atoms with E-state index < -0.39 is 18.9 Å². The summed E-state index contributed by atoms with van der Waals surface area (Å²) in [7, 11) is 2.18. The lowest BCUT2D eigenvalue weighted by Crippen LogP contribution is -3.10. The van der Waals surface area contributed by atoms with E-state index in [4.69, 9.17) is 14.2 Å². The number of likely N-dealkylation sites (tertiary alicyclic amines) is 1. The van der Waals surface area contributed by atoms with Crippen LogP contribution in [-0.2, 0) is 19.0 Å². The van der Waals surface area contributed by atoms with E-state index in [1.807, 2.05) is 41.3 Å². The maximum atomic E-state index is 14.2. The van der Waals surface area contributed by atoms with Gasteiger partial charge in [0, 0.05) is 29.7 Å². The molecule has 206 valence electrons. The van der Waals surface area contributed by atoms with E-state index in [0.717, 1.165) is 62.1 Å². The van der Waals surface area contributed by atoms with Crippen molar-refractivity contribution in [3.05, 3.63) is 41.3 Å². The maximum absolute atomic E-state index is 14.2. The predicted octanol–water partition coefficient (Wildman–Crippen LogP) is 4.54. The van der Waals surface area contributed by atoms with Crippen molar-refractivity contribution in [2.24, 2.45) is 11.8 Å². The lowest BCUT2D eigenvalue weighted by molar-refractivity contribution is -0.884. The summed E-state index contributed by atoms with van der Waals surface area (Å²) < 4.78 is 14.9. The normalized spacial score (nSPS) is 23.3. The molecule has 9 heteroatoms. The van der Waals surface area contributed by atoms with Crippen LogP contribution in [0.3, 0.4) is 0 Å². The van der Waals surface area contributed by atoms with Crippen molar-refractivity contribution >= 4 is 35.1 Å². The van der Waals surface area contributed by atoms with Gasteiger partial charge in [0.05, 0.1) is 32.4 Å². The van der Waals surface area contributed by atoms with Crippen LogP contribution >= 0.6 is 11.3 Å². The Morgan fingerprint density at radius 3 is 2.32 bits per heavy atom. The molecule has 2 heterocycles. The summed E-state index contributed by atoms with van der Waals surface area (Å²) in [5, 5.41) is 0. The SMILES string of the molecule is CCOC(=O)OCOC(=O)c1sc(-c2ccccc2)cc1N(C(=O)C1CCC(C)CC1)C1CC[NH+](C)CC1. The molecule has 1 aliphatic heterocycles.